The smallest absolute Gasteiger partial charge is 0.261 e. The van der Waals surface area contributed by atoms with Crippen LogP contribution in [0.1, 0.15) is 40.1 Å². The van der Waals surface area contributed by atoms with Crippen molar-refractivity contribution < 1.29 is 18.0 Å². The molecule has 2 amide bonds. The first-order valence-electron chi connectivity index (χ1n) is 10.5. The quantitative estimate of drug-likeness (QED) is 0.643. The molecule has 2 aliphatic heterocycles. The van der Waals surface area contributed by atoms with Gasteiger partial charge in [0.05, 0.1) is 16.9 Å². The third-order valence-corrected chi connectivity index (χ3v) is 7.90. The molecule has 7 nitrogen and oxygen atoms in total. The fraction of sp³-hybridized carbons (Fsp3) is 0.391. The Kier molecular flexibility index (Phi) is 5.96. The first-order chi connectivity index (χ1) is 14.8. The molecule has 2 atom stereocenters. The maximum Gasteiger partial charge on any atom is 0.261 e. The molecule has 2 unspecified atom stereocenters. The van der Waals surface area contributed by atoms with E-state index in [9.17, 15) is 18.0 Å². The molecule has 0 aliphatic carbocycles. The van der Waals surface area contributed by atoms with E-state index in [4.69, 9.17) is 0 Å². The lowest BCUT2D eigenvalue weighted by atomic mass is 10.1. The number of benzene rings is 2. The minimum Gasteiger partial charge on any atom is -0.291 e. The number of hydrogen-bond donors (Lipinski definition) is 0. The number of rotatable bonds is 6. The zero-order valence-electron chi connectivity index (χ0n) is 17.8. The van der Waals surface area contributed by atoms with Crippen molar-refractivity contribution in [2.45, 2.75) is 32.5 Å². The van der Waals surface area contributed by atoms with E-state index in [0.717, 1.165) is 11.4 Å². The summed E-state index contributed by atoms with van der Waals surface area (Å²) in [5, 5.41) is 0. The van der Waals surface area contributed by atoms with Gasteiger partial charge in [0.25, 0.3) is 11.8 Å². The molecule has 8 heteroatoms. The Morgan fingerprint density at radius 2 is 1.35 bits per heavy atom. The summed E-state index contributed by atoms with van der Waals surface area (Å²) in [4.78, 5) is 28.4. The predicted octanol–water partition coefficient (Wildman–Crippen LogP) is 2.21. The molecule has 2 aromatic carbocycles. The van der Waals surface area contributed by atoms with Gasteiger partial charge in [-0.15, -0.1) is 0 Å². The van der Waals surface area contributed by atoms with Crippen molar-refractivity contribution in [3.8, 4) is 0 Å². The first-order valence-corrected chi connectivity index (χ1v) is 12.1. The average Bonchev–Trinajstić information content (AvgIpc) is 3.00. The van der Waals surface area contributed by atoms with Gasteiger partial charge in [-0.2, -0.15) is 4.31 Å². The molecular formula is C23H27N3O4S. The number of amides is 2. The summed E-state index contributed by atoms with van der Waals surface area (Å²) in [6.45, 7) is 5.48. The molecular weight excluding hydrogens is 414 g/mol. The van der Waals surface area contributed by atoms with Crippen molar-refractivity contribution in [2.75, 3.05) is 25.4 Å². The molecule has 31 heavy (non-hydrogen) atoms. The number of imide groups is 1. The van der Waals surface area contributed by atoms with E-state index in [1.54, 1.807) is 24.3 Å². The maximum absolute atomic E-state index is 13.0. The molecule has 0 spiro atoms. The summed E-state index contributed by atoms with van der Waals surface area (Å²) in [6.07, 6.45) is 0. The second-order valence-electron chi connectivity index (χ2n) is 8.30. The Morgan fingerprint density at radius 1 is 0.839 bits per heavy atom. The lowest BCUT2D eigenvalue weighted by Gasteiger charge is -2.44. The monoisotopic (exact) mass is 441 g/mol. The van der Waals surface area contributed by atoms with Crippen LogP contribution >= 0.6 is 0 Å². The number of fused-ring (bicyclic) bond motifs is 1. The fourth-order valence-corrected chi connectivity index (χ4v) is 5.98. The molecule has 0 saturated carbocycles. The highest BCUT2D eigenvalue weighted by Gasteiger charge is 2.38. The van der Waals surface area contributed by atoms with Crippen LogP contribution in [0.3, 0.4) is 0 Å². The Morgan fingerprint density at radius 3 is 1.90 bits per heavy atom. The van der Waals surface area contributed by atoms with Crippen molar-refractivity contribution in [3.63, 3.8) is 0 Å². The van der Waals surface area contributed by atoms with E-state index in [2.05, 4.69) is 17.0 Å². The lowest BCUT2D eigenvalue weighted by molar-refractivity contribution is 0.0653. The van der Waals surface area contributed by atoms with Crippen LogP contribution in [0.25, 0.3) is 0 Å². The van der Waals surface area contributed by atoms with Gasteiger partial charge in [-0.3, -0.25) is 19.4 Å². The highest BCUT2D eigenvalue weighted by molar-refractivity contribution is 7.89. The molecule has 0 radical (unpaired) electrons. The van der Waals surface area contributed by atoms with Crippen molar-refractivity contribution in [1.82, 2.24) is 14.1 Å². The van der Waals surface area contributed by atoms with Gasteiger partial charge in [0.15, 0.2) is 0 Å². The van der Waals surface area contributed by atoms with Gasteiger partial charge in [-0.1, -0.05) is 42.5 Å². The SMILES string of the molecule is CC1CN(S(=O)(=O)CCN2C(=O)c3ccccc3C2=O)CC(C)N1Cc1ccccc1. The molecule has 2 heterocycles. The number of carbonyl (C=O) groups excluding carboxylic acids is 2. The number of carbonyl (C=O) groups is 2. The van der Waals surface area contributed by atoms with Crippen molar-refractivity contribution >= 4 is 21.8 Å². The molecule has 1 fully saturated rings. The van der Waals surface area contributed by atoms with Gasteiger partial charge in [0, 0.05) is 38.3 Å². The maximum atomic E-state index is 13.0. The molecule has 2 aliphatic rings. The van der Waals surface area contributed by atoms with Crippen LogP contribution in [-0.2, 0) is 16.6 Å². The highest BCUT2D eigenvalue weighted by Crippen LogP contribution is 2.24. The second-order valence-corrected chi connectivity index (χ2v) is 10.4. The zero-order valence-corrected chi connectivity index (χ0v) is 18.6. The summed E-state index contributed by atoms with van der Waals surface area (Å²) >= 11 is 0. The van der Waals surface area contributed by atoms with Crippen molar-refractivity contribution in [3.05, 3.63) is 71.3 Å². The Balaban J connectivity index is 1.40. The standard InChI is InChI=1S/C23H27N3O4S/c1-17-14-24(15-18(2)26(17)16-19-8-4-3-5-9-19)31(29,30)13-12-25-22(27)20-10-6-7-11-21(20)23(25)28/h3-11,17-18H,12-16H2,1-2H3. The molecule has 0 bridgehead atoms. The summed E-state index contributed by atoms with van der Waals surface area (Å²) in [7, 11) is -3.61. The van der Waals surface area contributed by atoms with Crippen LogP contribution in [-0.4, -0.2) is 71.8 Å². The number of piperazine rings is 1. The van der Waals surface area contributed by atoms with Crippen LogP contribution in [0.15, 0.2) is 54.6 Å². The van der Waals surface area contributed by atoms with Gasteiger partial charge < -0.3 is 0 Å². The summed E-state index contributed by atoms with van der Waals surface area (Å²) in [5.74, 6) is -1.12. The van der Waals surface area contributed by atoms with Gasteiger partial charge in [-0.25, -0.2) is 8.42 Å². The first kappa shape index (κ1) is 21.7. The van der Waals surface area contributed by atoms with E-state index < -0.39 is 21.8 Å². The van der Waals surface area contributed by atoms with E-state index in [1.165, 1.54) is 9.87 Å². The van der Waals surface area contributed by atoms with Crippen LogP contribution in [0.5, 0.6) is 0 Å². The van der Waals surface area contributed by atoms with E-state index in [1.807, 2.05) is 32.0 Å². The molecule has 0 N–H and O–H groups in total. The van der Waals surface area contributed by atoms with Gasteiger partial charge in [0.1, 0.15) is 0 Å². The van der Waals surface area contributed by atoms with Crippen LogP contribution in [0.4, 0.5) is 0 Å². The summed E-state index contributed by atoms with van der Waals surface area (Å²) in [5.41, 5.74) is 1.87. The molecule has 4 rings (SSSR count). The summed E-state index contributed by atoms with van der Waals surface area (Å²) < 4.78 is 27.6. The zero-order chi connectivity index (χ0) is 22.2. The molecule has 0 aromatic heterocycles. The molecule has 2 aromatic rings. The molecule has 164 valence electrons. The van der Waals surface area contributed by atoms with Crippen LogP contribution in [0.2, 0.25) is 0 Å². The van der Waals surface area contributed by atoms with Crippen LogP contribution in [0, 0.1) is 0 Å². The van der Waals surface area contributed by atoms with Crippen LogP contribution < -0.4 is 0 Å². The number of hydrogen-bond acceptors (Lipinski definition) is 5. The minimum absolute atomic E-state index is 0.0537. The van der Waals surface area contributed by atoms with E-state index >= 15 is 0 Å². The van der Waals surface area contributed by atoms with E-state index in [-0.39, 0.29) is 24.4 Å². The van der Waals surface area contributed by atoms with Gasteiger partial charge in [-0.05, 0) is 31.5 Å². The third kappa shape index (κ3) is 4.28. The number of nitrogens with zero attached hydrogens (tertiary/aromatic N) is 3. The fourth-order valence-electron chi connectivity index (χ4n) is 4.42. The highest BCUT2D eigenvalue weighted by atomic mass is 32.2. The van der Waals surface area contributed by atoms with Gasteiger partial charge >= 0.3 is 0 Å². The van der Waals surface area contributed by atoms with E-state index in [0.29, 0.717) is 24.2 Å². The minimum atomic E-state index is -3.61. The largest absolute Gasteiger partial charge is 0.291 e. The average molecular weight is 442 g/mol. The van der Waals surface area contributed by atoms with Crippen molar-refractivity contribution in [1.29, 1.82) is 0 Å². The Labute approximate surface area is 183 Å². The molecule has 1 saturated heterocycles. The third-order valence-electron chi connectivity index (χ3n) is 6.12. The lowest BCUT2D eigenvalue weighted by Crippen LogP contribution is -2.58. The predicted molar refractivity (Wildman–Crippen MR) is 118 cm³/mol. The normalized spacial score (nSPS) is 22.7. The second kappa shape index (κ2) is 8.53. The van der Waals surface area contributed by atoms with Gasteiger partial charge in [0.2, 0.25) is 10.0 Å². The van der Waals surface area contributed by atoms with Crippen molar-refractivity contribution in [2.24, 2.45) is 0 Å². The topological polar surface area (TPSA) is 78.0 Å². The number of sulfonamides is 1. The summed E-state index contributed by atoms with van der Waals surface area (Å²) in [6, 6.07) is 16.8. The Bertz CT molecular complexity index is 1040. The Hall–Kier alpha value is -2.55.